The normalized spacial score (nSPS) is 15.8. The van der Waals surface area contributed by atoms with Crippen LogP contribution < -0.4 is 0 Å². The molecule has 1 aromatic rings. The van der Waals surface area contributed by atoms with Gasteiger partial charge in [-0.15, -0.1) is 0 Å². The van der Waals surface area contributed by atoms with Gasteiger partial charge >= 0.3 is 0 Å². The molecule has 0 aliphatic carbocycles. The first-order chi connectivity index (χ1) is 6.60. The molecule has 0 saturated heterocycles. The Kier molecular flexibility index (Phi) is 4.14. The van der Waals surface area contributed by atoms with Crippen molar-refractivity contribution in [3.63, 3.8) is 0 Å². The second kappa shape index (κ2) is 4.94. The lowest BCUT2D eigenvalue weighted by molar-refractivity contribution is 0.0290. The van der Waals surface area contributed by atoms with Crippen molar-refractivity contribution < 1.29 is 5.11 Å². The Bertz CT molecular complexity index is 247. The predicted octanol–water partition coefficient (Wildman–Crippen LogP) is 3.78. The van der Waals surface area contributed by atoms with Crippen LogP contribution in [0.25, 0.3) is 0 Å². The minimum atomic E-state index is -0.642. The van der Waals surface area contributed by atoms with E-state index in [0.29, 0.717) is 5.92 Å². The molecule has 0 amide bonds. The van der Waals surface area contributed by atoms with Crippen molar-refractivity contribution in [1.82, 2.24) is 0 Å². The van der Waals surface area contributed by atoms with Crippen molar-refractivity contribution in [3.8, 4) is 0 Å². The van der Waals surface area contributed by atoms with Gasteiger partial charge in [0.25, 0.3) is 0 Å². The number of rotatable bonds is 5. The number of thiophene rings is 1. The van der Waals surface area contributed by atoms with E-state index in [2.05, 4.69) is 13.8 Å². The SMILES string of the molecule is CCC(CC)C[C@@](C)(O)c1ccsc1. The minimum absolute atomic E-state index is 0.630. The molecule has 1 N–H and O–H groups in total. The van der Waals surface area contributed by atoms with Crippen molar-refractivity contribution in [3.05, 3.63) is 22.4 Å². The molecular weight excluding hydrogens is 192 g/mol. The molecule has 0 aliphatic rings. The average molecular weight is 212 g/mol. The van der Waals surface area contributed by atoms with Crippen molar-refractivity contribution in [2.24, 2.45) is 5.92 Å². The number of aliphatic hydroxyl groups is 1. The van der Waals surface area contributed by atoms with E-state index in [1.165, 1.54) is 0 Å². The standard InChI is InChI=1S/C12H20OS/c1-4-10(5-2)8-12(3,13)11-6-7-14-9-11/h6-7,9-10,13H,4-5,8H2,1-3H3/t12-/m1/s1. The van der Waals surface area contributed by atoms with Crippen LogP contribution in [0.5, 0.6) is 0 Å². The van der Waals surface area contributed by atoms with Crippen LogP contribution in [0.15, 0.2) is 16.8 Å². The van der Waals surface area contributed by atoms with E-state index >= 15 is 0 Å². The number of hydrogen-bond donors (Lipinski definition) is 1. The largest absolute Gasteiger partial charge is 0.385 e. The minimum Gasteiger partial charge on any atom is -0.385 e. The van der Waals surface area contributed by atoms with Gasteiger partial charge in [0.05, 0.1) is 5.60 Å². The lowest BCUT2D eigenvalue weighted by Gasteiger charge is -2.27. The molecule has 14 heavy (non-hydrogen) atoms. The van der Waals surface area contributed by atoms with Crippen LogP contribution in [-0.2, 0) is 5.60 Å². The molecule has 0 unspecified atom stereocenters. The Labute approximate surface area is 90.8 Å². The zero-order valence-corrected chi connectivity index (χ0v) is 10.1. The summed E-state index contributed by atoms with van der Waals surface area (Å²) in [6.45, 7) is 6.31. The molecule has 1 aromatic heterocycles. The summed E-state index contributed by atoms with van der Waals surface area (Å²) in [4.78, 5) is 0. The van der Waals surface area contributed by atoms with E-state index in [0.717, 1.165) is 24.8 Å². The van der Waals surface area contributed by atoms with E-state index in [9.17, 15) is 5.11 Å². The van der Waals surface area contributed by atoms with Gasteiger partial charge in [-0.2, -0.15) is 11.3 Å². The summed E-state index contributed by atoms with van der Waals surface area (Å²) < 4.78 is 0. The summed E-state index contributed by atoms with van der Waals surface area (Å²) in [7, 11) is 0. The van der Waals surface area contributed by atoms with Gasteiger partial charge in [-0.3, -0.25) is 0 Å². The molecule has 0 aromatic carbocycles. The number of hydrogen-bond acceptors (Lipinski definition) is 2. The first-order valence-corrected chi connectivity index (χ1v) is 6.29. The first kappa shape index (κ1) is 11.7. The molecule has 1 rings (SSSR count). The Morgan fingerprint density at radius 1 is 1.43 bits per heavy atom. The predicted molar refractivity (Wildman–Crippen MR) is 62.6 cm³/mol. The van der Waals surface area contributed by atoms with Crippen molar-refractivity contribution in [2.75, 3.05) is 0 Å². The molecule has 1 nitrogen and oxygen atoms in total. The van der Waals surface area contributed by atoms with Crippen LogP contribution in [0.3, 0.4) is 0 Å². The maximum absolute atomic E-state index is 10.3. The van der Waals surface area contributed by atoms with Gasteiger partial charge in [-0.25, -0.2) is 0 Å². The van der Waals surface area contributed by atoms with E-state index in [1.807, 2.05) is 23.8 Å². The lowest BCUT2D eigenvalue weighted by atomic mass is 9.85. The van der Waals surface area contributed by atoms with Crippen molar-refractivity contribution >= 4 is 11.3 Å². The molecule has 2 heteroatoms. The molecule has 1 atom stereocenters. The molecule has 0 radical (unpaired) electrons. The van der Waals surface area contributed by atoms with Gasteiger partial charge in [0, 0.05) is 0 Å². The second-order valence-electron chi connectivity index (χ2n) is 4.17. The van der Waals surface area contributed by atoms with Gasteiger partial charge in [0.15, 0.2) is 0 Å². The molecular formula is C12H20OS. The lowest BCUT2D eigenvalue weighted by Crippen LogP contribution is -2.24. The molecule has 0 spiro atoms. The van der Waals surface area contributed by atoms with Crippen LogP contribution in [0.2, 0.25) is 0 Å². The summed E-state index contributed by atoms with van der Waals surface area (Å²) in [5, 5.41) is 14.4. The maximum atomic E-state index is 10.3. The quantitative estimate of drug-likeness (QED) is 0.787. The smallest absolute Gasteiger partial charge is 0.0879 e. The third-order valence-corrected chi connectivity index (χ3v) is 3.67. The maximum Gasteiger partial charge on any atom is 0.0879 e. The monoisotopic (exact) mass is 212 g/mol. The highest BCUT2D eigenvalue weighted by molar-refractivity contribution is 7.08. The van der Waals surface area contributed by atoms with Crippen LogP contribution in [0, 0.1) is 5.92 Å². The third kappa shape index (κ3) is 2.82. The Morgan fingerprint density at radius 3 is 2.50 bits per heavy atom. The van der Waals surface area contributed by atoms with Gasteiger partial charge in [-0.1, -0.05) is 26.7 Å². The van der Waals surface area contributed by atoms with Crippen molar-refractivity contribution in [2.45, 2.75) is 45.6 Å². The fourth-order valence-corrected chi connectivity index (χ4v) is 2.61. The molecule has 0 aliphatic heterocycles. The Morgan fingerprint density at radius 2 is 2.07 bits per heavy atom. The zero-order chi connectivity index (χ0) is 10.6. The van der Waals surface area contributed by atoms with Crippen molar-refractivity contribution in [1.29, 1.82) is 0 Å². The first-order valence-electron chi connectivity index (χ1n) is 5.35. The average Bonchev–Trinajstić information content (AvgIpc) is 2.67. The Balaban J connectivity index is 2.66. The summed E-state index contributed by atoms with van der Waals surface area (Å²) in [5.41, 5.74) is 0.422. The van der Waals surface area contributed by atoms with E-state index in [4.69, 9.17) is 0 Å². The van der Waals surface area contributed by atoms with Crippen LogP contribution >= 0.6 is 11.3 Å². The summed E-state index contributed by atoms with van der Waals surface area (Å²) in [6, 6.07) is 2.02. The van der Waals surface area contributed by atoms with E-state index < -0.39 is 5.60 Å². The third-order valence-electron chi connectivity index (χ3n) is 2.98. The highest BCUT2D eigenvalue weighted by atomic mass is 32.1. The van der Waals surface area contributed by atoms with Gasteiger partial charge in [0.1, 0.15) is 0 Å². The fourth-order valence-electron chi connectivity index (χ4n) is 1.83. The summed E-state index contributed by atoms with van der Waals surface area (Å²) in [6.07, 6.45) is 3.17. The fraction of sp³-hybridized carbons (Fsp3) is 0.667. The molecule has 80 valence electrons. The molecule has 0 fully saturated rings. The van der Waals surface area contributed by atoms with Crippen LogP contribution in [0.4, 0.5) is 0 Å². The highest BCUT2D eigenvalue weighted by Gasteiger charge is 2.26. The molecule has 0 saturated carbocycles. The van der Waals surface area contributed by atoms with E-state index in [1.54, 1.807) is 11.3 Å². The van der Waals surface area contributed by atoms with Gasteiger partial charge in [0.2, 0.25) is 0 Å². The summed E-state index contributed by atoms with van der Waals surface area (Å²) >= 11 is 1.65. The second-order valence-corrected chi connectivity index (χ2v) is 4.95. The van der Waals surface area contributed by atoms with Gasteiger partial charge in [-0.05, 0) is 41.7 Å². The van der Waals surface area contributed by atoms with Crippen LogP contribution in [0.1, 0.15) is 45.6 Å². The Hall–Kier alpha value is -0.340. The topological polar surface area (TPSA) is 20.2 Å². The molecule has 0 bridgehead atoms. The summed E-state index contributed by atoms with van der Waals surface area (Å²) in [5.74, 6) is 0.630. The zero-order valence-electron chi connectivity index (χ0n) is 9.29. The molecule has 1 heterocycles. The van der Waals surface area contributed by atoms with E-state index in [-0.39, 0.29) is 0 Å². The highest BCUT2D eigenvalue weighted by Crippen LogP contribution is 2.31. The van der Waals surface area contributed by atoms with Gasteiger partial charge < -0.3 is 5.11 Å². The van der Waals surface area contributed by atoms with Crippen LogP contribution in [-0.4, -0.2) is 5.11 Å².